The summed E-state index contributed by atoms with van der Waals surface area (Å²) >= 11 is 2.60. The van der Waals surface area contributed by atoms with E-state index >= 15 is 0 Å². The van der Waals surface area contributed by atoms with E-state index in [4.69, 9.17) is 24.3 Å². The fourth-order valence-corrected chi connectivity index (χ4v) is 12.8. The van der Waals surface area contributed by atoms with Crippen LogP contribution in [0.5, 0.6) is 0 Å². The molecule has 0 aliphatic heterocycles. The third-order valence-electron chi connectivity index (χ3n) is 9.28. The second-order valence-corrected chi connectivity index (χ2v) is 23.5. The quantitative estimate of drug-likeness (QED) is 0.0319. The molecule has 0 saturated carbocycles. The first-order chi connectivity index (χ1) is 27.7. The summed E-state index contributed by atoms with van der Waals surface area (Å²) in [5.74, 6) is 1.25. The van der Waals surface area contributed by atoms with Crippen molar-refractivity contribution in [3.8, 4) is 0 Å². The molecule has 60 heavy (non-hydrogen) atoms. The van der Waals surface area contributed by atoms with E-state index in [1.54, 1.807) is 13.8 Å². The number of thioether (sulfide) groups is 2. The highest BCUT2D eigenvalue weighted by molar-refractivity contribution is 8.14. The van der Waals surface area contributed by atoms with Gasteiger partial charge in [-0.15, -0.1) is 0 Å². The molecule has 2 N–H and O–H groups in total. The SMILES string of the molecule is C/C(N)=C(/C)C(=O)SCCOCOP(N(C(C)C)C(C)C)N(C(C)C)C(C)C.CC(C)N(CCC(=O)SCCOCOP(N(C(C)C)C(C)C)N(C(C)C)C(C)C)C(C)C. The van der Waals surface area contributed by atoms with Crippen LogP contribution in [-0.2, 0) is 28.1 Å². The van der Waals surface area contributed by atoms with E-state index in [0.717, 1.165) is 6.54 Å². The third kappa shape index (κ3) is 25.0. The molecular weight excluding hydrogens is 835 g/mol. The minimum atomic E-state index is -0.954. The molecule has 0 aromatic carbocycles. The maximum Gasteiger partial charge on any atom is 0.216 e. The number of ether oxygens (including phenoxy) is 2. The lowest BCUT2D eigenvalue weighted by atomic mass is 10.2. The van der Waals surface area contributed by atoms with Gasteiger partial charge in [0.2, 0.25) is 5.12 Å². The average Bonchev–Trinajstić information content (AvgIpc) is 3.09. The van der Waals surface area contributed by atoms with Crippen molar-refractivity contribution in [3.05, 3.63) is 11.3 Å². The monoisotopic (exact) mass is 929 g/mol. The number of rotatable bonds is 30. The molecular formula is C44H94N6O6P2S2. The molecule has 0 saturated heterocycles. The molecule has 0 aromatic heterocycles. The maximum absolute atomic E-state index is 12.3. The van der Waals surface area contributed by atoms with Gasteiger partial charge in [-0.25, -0.2) is 18.7 Å². The molecule has 12 nitrogen and oxygen atoms in total. The van der Waals surface area contributed by atoms with Crippen molar-refractivity contribution in [2.24, 2.45) is 5.73 Å². The van der Waals surface area contributed by atoms with Crippen LogP contribution in [-0.4, -0.2) is 139 Å². The van der Waals surface area contributed by atoms with Crippen molar-refractivity contribution in [1.29, 1.82) is 0 Å². The number of nitrogens with zero attached hydrogens (tertiary/aromatic N) is 5. The normalized spacial score (nSPS) is 13.4. The van der Waals surface area contributed by atoms with Gasteiger partial charge >= 0.3 is 0 Å². The van der Waals surface area contributed by atoms with Gasteiger partial charge in [-0.3, -0.25) is 14.5 Å². The first-order valence-corrected chi connectivity index (χ1v) is 26.7. The summed E-state index contributed by atoms with van der Waals surface area (Å²) in [6.45, 7) is 49.9. The molecule has 0 fully saturated rings. The van der Waals surface area contributed by atoms with E-state index in [-0.39, 0.29) is 23.8 Å². The minimum absolute atomic E-state index is 0.00310. The van der Waals surface area contributed by atoms with Crippen molar-refractivity contribution in [2.45, 2.75) is 219 Å². The molecule has 0 radical (unpaired) electrons. The minimum Gasteiger partial charge on any atom is -0.402 e. The first kappa shape index (κ1) is 62.2. The maximum atomic E-state index is 12.3. The van der Waals surface area contributed by atoms with Crippen LogP contribution in [0.2, 0.25) is 0 Å². The van der Waals surface area contributed by atoms with Gasteiger partial charge in [-0.2, -0.15) is 0 Å². The lowest BCUT2D eigenvalue weighted by Crippen LogP contribution is -2.43. The number of allylic oxidation sites excluding steroid dienone is 1. The van der Waals surface area contributed by atoms with Gasteiger partial charge in [-0.1, -0.05) is 23.5 Å². The van der Waals surface area contributed by atoms with Crippen LogP contribution in [0, 0.1) is 0 Å². The van der Waals surface area contributed by atoms with Crippen LogP contribution in [0.4, 0.5) is 0 Å². The zero-order chi connectivity index (χ0) is 47.0. The molecule has 0 aliphatic rings. The van der Waals surface area contributed by atoms with Crippen LogP contribution in [0.25, 0.3) is 0 Å². The van der Waals surface area contributed by atoms with Crippen molar-refractivity contribution < 1.29 is 28.1 Å². The predicted octanol–water partition coefficient (Wildman–Crippen LogP) is 11.2. The Hall–Kier alpha value is 0.0800. The standard InChI is InChI=1S/C24H52N3O3PS.C20H42N3O3PS/c1-18(2)25(19(3)4)14-13-24(28)32-16-15-29-17-30-31(26(20(5)6)21(7)8)27(22(9)10)23(11)12;1-14(2)22(15(3)4)27(23(16(5)6)17(7)8)26-13-25-11-12-28-20(24)18(9)19(10)21/h18-23H,13-17H2,1-12H3;14-17H,11-13,21H2,1-10H3/b;19-18+. The zero-order valence-electron chi connectivity index (χ0n) is 42.4. The number of carbonyl (C=O) groups is 2. The van der Waals surface area contributed by atoms with E-state index in [1.165, 1.54) is 23.5 Å². The lowest BCUT2D eigenvalue weighted by molar-refractivity contribution is -0.111. The molecule has 0 unspecified atom stereocenters. The molecule has 0 bridgehead atoms. The molecule has 0 atom stereocenters. The molecule has 0 heterocycles. The van der Waals surface area contributed by atoms with E-state index < -0.39 is 16.9 Å². The highest BCUT2D eigenvalue weighted by Crippen LogP contribution is 2.51. The van der Waals surface area contributed by atoms with Crippen molar-refractivity contribution in [3.63, 3.8) is 0 Å². The summed E-state index contributed by atoms with van der Waals surface area (Å²) in [6, 6.07) is 3.91. The average molecular weight is 929 g/mol. The van der Waals surface area contributed by atoms with Crippen LogP contribution in [0.1, 0.15) is 159 Å². The topological polar surface area (TPSA) is 113 Å². The largest absolute Gasteiger partial charge is 0.402 e. The Morgan fingerprint density at radius 2 is 0.800 bits per heavy atom. The Labute approximate surface area is 381 Å². The van der Waals surface area contributed by atoms with E-state index in [1.807, 2.05) is 0 Å². The van der Waals surface area contributed by atoms with E-state index in [9.17, 15) is 9.59 Å². The Morgan fingerprint density at radius 1 is 0.500 bits per heavy atom. The van der Waals surface area contributed by atoms with Crippen LogP contribution >= 0.6 is 40.4 Å². The van der Waals surface area contributed by atoms with Crippen molar-refractivity contribution >= 4 is 50.7 Å². The van der Waals surface area contributed by atoms with Gasteiger partial charge < -0.3 is 24.3 Å². The zero-order valence-corrected chi connectivity index (χ0v) is 45.8. The summed E-state index contributed by atoms with van der Waals surface area (Å²) in [6.07, 6.45) is 0.582. The second kappa shape index (κ2) is 33.5. The molecule has 358 valence electrons. The Morgan fingerprint density at radius 3 is 1.07 bits per heavy atom. The van der Waals surface area contributed by atoms with Gasteiger partial charge in [0, 0.05) is 96.2 Å². The molecule has 0 amide bonds. The van der Waals surface area contributed by atoms with Gasteiger partial charge in [0.1, 0.15) is 0 Å². The van der Waals surface area contributed by atoms with E-state index in [0.29, 0.717) is 103 Å². The number of carbonyl (C=O) groups excluding carboxylic acids is 2. The molecule has 0 spiro atoms. The fourth-order valence-electron chi connectivity index (χ4n) is 6.84. The highest BCUT2D eigenvalue weighted by Gasteiger charge is 2.36. The number of nitrogens with two attached hydrogens (primary N) is 1. The summed E-state index contributed by atoms with van der Waals surface area (Å²) in [5, 5.41) is 0.239. The number of hydrogen-bond donors (Lipinski definition) is 1. The number of hydrogen-bond acceptors (Lipinski definition) is 14. The smallest absolute Gasteiger partial charge is 0.216 e. The van der Waals surface area contributed by atoms with Gasteiger partial charge in [0.15, 0.2) is 35.6 Å². The Bertz CT molecular complexity index is 1100. The molecule has 0 aromatic rings. The molecule has 0 rings (SSSR count). The van der Waals surface area contributed by atoms with Gasteiger partial charge in [-0.05, 0) is 152 Å². The Kier molecular flexibility index (Phi) is 34.8. The first-order valence-electron chi connectivity index (χ1n) is 22.4. The van der Waals surface area contributed by atoms with Crippen LogP contribution in [0.15, 0.2) is 11.3 Å². The lowest BCUT2D eigenvalue weighted by Gasteiger charge is -2.45. The second-order valence-electron chi connectivity index (χ2n) is 17.9. The summed E-state index contributed by atoms with van der Waals surface area (Å²) < 4.78 is 33.9. The molecule has 16 heteroatoms. The van der Waals surface area contributed by atoms with Crippen molar-refractivity contribution in [1.82, 2.24) is 23.6 Å². The van der Waals surface area contributed by atoms with Crippen LogP contribution < -0.4 is 5.73 Å². The highest BCUT2D eigenvalue weighted by atomic mass is 32.2. The Balaban J connectivity index is 0. The van der Waals surface area contributed by atoms with Gasteiger partial charge in [0.05, 0.1) is 13.2 Å². The summed E-state index contributed by atoms with van der Waals surface area (Å²) in [7, 11) is -1.90. The summed E-state index contributed by atoms with van der Waals surface area (Å²) in [4.78, 5) is 26.5. The van der Waals surface area contributed by atoms with Crippen LogP contribution in [0.3, 0.4) is 0 Å². The van der Waals surface area contributed by atoms with Gasteiger partial charge in [0.25, 0.3) is 0 Å². The fraction of sp³-hybridized carbons (Fsp3) is 0.909. The summed E-state index contributed by atoms with van der Waals surface area (Å²) in [5.41, 5.74) is 6.84. The van der Waals surface area contributed by atoms with E-state index in [2.05, 4.69) is 162 Å². The molecule has 0 aliphatic carbocycles. The predicted molar refractivity (Wildman–Crippen MR) is 265 cm³/mol. The van der Waals surface area contributed by atoms with Crippen molar-refractivity contribution in [2.75, 3.05) is 44.9 Å². The third-order valence-corrected chi connectivity index (χ3v) is 17.1.